The number of carboxylic acids is 1. The molecular weight excluding hydrogens is 244 g/mol. The highest BCUT2D eigenvalue weighted by Gasteiger charge is 2.27. The second-order valence-corrected chi connectivity index (χ2v) is 5.04. The van der Waals surface area contributed by atoms with Crippen molar-refractivity contribution in [3.8, 4) is 5.75 Å². The molecule has 1 atom stereocenters. The summed E-state index contributed by atoms with van der Waals surface area (Å²) < 4.78 is 5.19. The SMILES string of the molecule is COc1ccc(C(=O)O)c(N2CCC(N(C)C)C2)c1. The lowest BCUT2D eigenvalue weighted by Crippen LogP contribution is -2.32. The fraction of sp³-hybridized carbons (Fsp3) is 0.500. The highest BCUT2D eigenvalue weighted by molar-refractivity contribution is 5.95. The fourth-order valence-electron chi connectivity index (χ4n) is 2.46. The van der Waals surface area contributed by atoms with Crippen molar-refractivity contribution >= 4 is 11.7 Å². The van der Waals surface area contributed by atoms with Gasteiger partial charge in [-0.15, -0.1) is 0 Å². The zero-order valence-corrected chi connectivity index (χ0v) is 11.6. The van der Waals surface area contributed by atoms with Crippen LogP contribution >= 0.6 is 0 Å². The highest BCUT2D eigenvalue weighted by Crippen LogP contribution is 2.29. The summed E-state index contributed by atoms with van der Waals surface area (Å²) >= 11 is 0. The average molecular weight is 264 g/mol. The van der Waals surface area contributed by atoms with Gasteiger partial charge < -0.3 is 19.6 Å². The smallest absolute Gasteiger partial charge is 0.337 e. The molecule has 0 saturated carbocycles. The maximum atomic E-state index is 11.3. The second-order valence-electron chi connectivity index (χ2n) is 5.04. The van der Waals surface area contributed by atoms with Gasteiger partial charge in [-0.25, -0.2) is 4.79 Å². The summed E-state index contributed by atoms with van der Waals surface area (Å²) in [6, 6.07) is 5.57. The van der Waals surface area contributed by atoms with E-state index in [4.69, 9.17) is 4.74 Å². The number of hydrogen-bond acceptors (Lipinski definition) is 4. The van der Waals surface area contributed by atoms with Crippen molar-refractivity contribution in [2.45, 2.75) is 12.5 Å². The van der Waals surface area contributed by atoms with Crippen molar-refractivity contribution in [1.82, 2.24) is 4.90 Å². The summed E-state index contributed by atoms with van der Waals surface area (Å²) in [5.74, 6) is -0.209. The third-order valence-electron chi connectivity index (χ3n) is 3.67. The fourth-order valence-corrected chi connectivity index (χ4v) is 2.46. The largest absolute Gasteiger partial charge is 0.497 e. The van der Waals surface area contributed by atoms with Crippen LogP contribution in [0.4, 0.5) is 5.69 Å². The number of aromatic carboxylic acids is 1. The predicted molar refractivity (Wildman–Crippen MR) is 74.3 cm³/mol. The third-order valence-corrected chi connectivity index (χ3v) is 3.67. The lowest BCUT2D eigenvalue weighted by molar-refractivity contribution is 0.0697. The predicted octanol–water partition coefficient (Wildman–Crippen LogP) is 1.53. The zero-order valence-electron chi connectivity index (χ0n) is 11.6. The molecule has 1 aliphatic heterocycles. The van der Waals surface area contributed by atoms with Crippen LogP contribution in [0, 0.1) is 0 Å². The summed E-state index contributed by atoms with van der Waals surface area (Å²) in [5.41, 5.74) is 1.08. The number of benzene rings is 1. The normalized spacial score (nSPS) is 18.9. The lowest BCUT2D eigenvalue weighted by Gasteiger charge is -2.23. The molecular formula is C14H20N2O3. The maximum Gasteiger partial charge on any atom is 0.337 e. The molecule has 1 aliphatic rings. The zero-order chi connectivity index (χ0) is 14.0. The quantitative estimate of drug-likeness (QED) is 0.894. The Hall–Kier alpha value is -1.75. The van der Waals surface area contributed by atoms with Crippen molar-refractivity contribution in [1.29, 1.82) is 0 Å². The first-order valence-corrected chi connectivity index (χ1v) is 6.35. The van der Waals surface area contributed by atoms with Gasteiger partial charge in [-0.05, 0) is 32.6 Å². The number of likely N-dealkylation sites (N-methyl/N-ethyl adjacent to an activating group) is 1. The number of rotatable bonds is 4. The van der Waals surface area contributed by atoms with Crippen molar-refractivity contribution < 1.29 is 14.6 Å². The van der Waals surface area contributed by atoms with Gasteiger partial charge in [-0.2, -0.15) is 0 Å². The van der Waals surface area contributed by atoms with Crippen molar-refractivity contribution in [3.05, 3.63) is 23.8 Å². The molecule has 1 aromatic rings. The molecule has 19 heavy (non-hydrogen) atoms. The summed E-state index contributed by atoms with van der Waals surface area (Å²) in [7, 11) is 5.70. The van der Waals surface area contributed by atoms with Crippen LogP contribution < -0.4 is 9.64 Å². The Bertz CT molecular complexity index is 474. The van der Waals surface area contributed by atoms with Gasteiger partial charge in [0.1, 0.15) is 5.75 Å². The van der Waals surface area contributed by atoms with Crippen LogP contribution in [0.1, 0.15) is 16.8 Å². The van der Waals surface area contributed by atoms with Gasteiger partial charge in [-0.1, -0.05) is 0 Å². The van der Waals surface area contributed by atoms with Gasteiger partial charge in [0.15, 0.2) is 0 Å². The van der Waals surface area contributed by atoms with Gasteiger partial charge in [0.05, 0.1) is 18.4 Å². The standard InChI is InChI=1S/C14H20N2O3/c1-15(2)10-6-7-16(9-10)13-8-11(19-3)4-5-12(13)14(17)18/h4-5,8,10H,6-7,9H2,1-3H3,(H,17,18). The lowest BCUT2D eigenvalue weighted by atomic mass is 10.1. The average Bonchev–Trinajstić information content (AvgIpc) is 2.87. The van der Waals surface area contributed by atoms with Crippen molar-refractivity contribution in [2.24, 2.45) is 0 Å². The Labute approximate surface area is 113 Å². The summed E-state index contributed by atoms with van der Waals surface area (Å²) in [6.45, 7) is 1.72. The molecule has 0 amide bonds. The van der Waals surface area contributed by atoms with Gasteiger partial charge in [-0.3, -0.25) is 0 Å². The van der Waals surface area contributed by atoms with E-state index in [0.717, 1.165) is 25.2 Å². The minimum absolute atomic E-state index is 0.334. The summed E-state index contributed by atoms with van der Waals surface area (Å²) in [6.07, 6.45) is 1.04. The molecule has 104 valence electrons. The number of anilines is 1. The Kier molecular flexibility index (Phi) is 3.95. The Morgan fingerprint density at radius 2 is 2.21 bits per heavy atom. The van der Waals surface area contributed by atoms with Crippen LogP contribution in [0.25, 0.3) is 0 Å². The minimum Gasteiger partial charge on any atom is -0.497 e. The first-order chi connectivity index (χ1) is 9.02. The second kappa shape index (κ2) is 5.48. The molecule has 0 spiro atoms. The molecule has 0 aromatic heterocycles. The van der Waals surface area contributed by atoms with E-state index in [2.05, 4.69) is 23.9 Å². The number of nitrogens with zero attached hydrogens (tertiary/aromatic N) is 2. The van der Waals surface area contributed by atoms with E-state index in [0.29, 0.717) is 17.4 Å². The molecule has 0 radical (unpaired) electrons. The number of methoxy groups -OCH3 is 1. The maximum absolute atomic E-state index is 11.3. The number of ether oxygens (including phenoxy) is 1. The number of hydrogen-bond donors (Lipinski definition) is 1. The Morgan fingerprint density at radius 1 is 1.47 bits per heavy atom. The molecule has 0 bridgehead atoms. The van der Waals surface area contributed by atoms with Crippen LogP contribution in [-0.4, -0.2) is 56.3 Å². The van der Waals surface area contributed by atoms with E-state index in [-0.39, 0.29) is 0 Å². The van der Waals surface area contributed by atoms with Crippen LogP contribution in [0.15, 0.2) is 18.2 Å². The van der Waals surface area contributed by atoms with E-state index >= 15 is 0 Å². The number of carbonyl (C=O) groups is 1. The van der Waals surface area contributed by atoms with Crippen LogP contribution in [0.2, 0.25) is 0 Å². The third kappa shape index (κ3) is 2.81. The Morgan fingerprint density at radius 3 is 2.74 bits per heavy atom. The molecule has 0 aliphatic carbocycles. The topological polar surface area (TPSA) is 53.0 Å². The van der Waals surface area contributed by atoms with E-state index in [9.17, 15) is 9.90 Å². The molecule has 1 N–H and O–H groups in total. The Balaban J connectivity index is 2.30. The number of carboxylic acid groups (broad SMARTS) is 1. The van der Waals surface area contributed by atoms with Crippen LogP contribution in [0.5, 0.6) is 5.75 Å². The van der Waals surface area contributed by atoms with E-state index in [1.807, 2.05) is 6.07 Å². The highest BCUT2D eigenvalue weighted by atomic mass is 16.5. The van der Waals surface area contributed by atoms with Gasteiger partial charge in [0, 0.05) is 25.2 Å². The van der Waals surface area contributed by atoms with E-state index < -0.39 is 5.97 Å². The first-order valence-electron chi connectivity index (χ1n) is 6.35. The van der Waals surface area contributed by atoms with Gasteiger partial charge in [0.2, 0.25) is 0 Å². The van der Waals surface area contributed by atoms with E-state index in [1.54, 1.807) is 19.2 Å². The minimum atomic E-state index is -0.897. The molecule has 1 saturated heterocycles. The van der Waals surface area contributed by atoms with Crippen molar-refractivity contribution in [3.63, 3.8) is 0 Å². The summed E-state index contributed by atoms with van der Waals surface area (Å²) in [5, 5.41) is 9.29. The molecule has 5 nitrogen and oxygen atoms in total. The molecule has 1 fully saturated rings. The van der Waals surface area contributed by atoms with Crippen molar-refractivity contribution in [2.75, 3.05) is 39.2 Å². The molecule has 5 heteroatoms. The molecule has 1 aromatic carbocycles. The first kappa shape index (κ1) is 13.7. The summed E-state index contributed by atoms with van der Waals surface area (Å²) in [4.78, 5) is 15.6. The molecule has 2 rings (SSSR count). The van der Waals surface area contributed by atoms with Crippen LogP contribution in [0.3, 0.4) is 0 Å². The van der Waals surface area contributed by atoms with Gasteiger partial charge in [0.25, 0.3) is 0 Å². The molecule has 1 unspecified atom stereocenters. The van der Waals surface area contributed by atoms with Crippen LogP contribution in [-0.2, 0) is 0 Å². The molecule has 1 heterocycles. The monoisotopic (exact) mass is 264 g/mol. The van der Waals surface area contributed by atoms with Gasteiger partial charge >= 0.3 is 5.97 Å². The van der Waals surface area contributed by atoms with E-state index in [1.165, 1.54) is 0 Å².